The molecule has 13 heavy (non-hydrogen) atoms. The van der Waals surface area contributed by atoms with Gasteiger partial charge < -0.3 is 0 Å². The van der Waals surface area contributed by atoms with Crippen molar-refractivity contribution in [2.75, 3.05) is 0 Å². The third-order valence-corrected chi connectivity index (χ3v) is 4.20. The van der Waals surface area contributed by atoms with E-state index in [-0.39, 0.29) is 0 Å². The van der Waals surface area contributed by atoms with Crippen molar-refractivity contribution in [1.29, 1.82) is 0 Å². The van der Waals surface area contributed by atoms with Crippen LogP contribution >= 0.6 is 9.24 Å². The highest BCUT2D eigenvalue weighted by atomic mass is 31.0. The Kier molecular flexibility index (Phi) is 2.89. The van der Waals surface area contributed by atoms with Gasteiger partial charge in [0.25, 0.3) is 0 Å². The van der Waals surface area contributed by atoms with Crippen LogP contribution in [0.4, 0.5) is 0 Å². The Bertz CT molecular complexity index is 236. The first-order valence-corrected chi connectivity index (χ1v) is 6.05. The molecule has 0 nitrogen and oxygen atoms in total. The first-order valence-electron chi connectivity index (χ1n) is 5.38. The first kappa shape index (κ1) is 9.46. The summed E-state index contributed by atoms with van der Waals surface area (Å²) in [5.41, 5.74) is 3.16. The Hall–Kier alpha value is -0.0900. The highest BCUT2D eigenvalue weighted by Crippen LogP contribution is 2.44. The molecule has 0 amide bonds. The highest BCUT2D eigenvalue weighted by Gasteiger charge is 2.31. The van der Waals surface area contributed by atoms with E-state index in [1.807, 2.05) is 0 Å². The van der Waals surface area contributed by atoms with E-state index in [0.717, 1.165) is 11.8 Å². The second-order valence-electron chi connectivity index (χ2n) is 4.48. The van der Waals surface area contributed by atoms with Gasteiger partial charge in [0.2, 0.25) is 0 Å². The first-order chi connectivity index (χ1) is 6.31. The molecule has 2 fully saturated rings. The monoisotopic (exact) mass is 194 g/mol. The van der Waals surface area contributed by atoms with Gasteiger partial charge in [-0.1, -0.05) is 30.0 Å². The summed E-state index contributed by atoms with van der Waals surface area (Å²) >= 11 is 0. The molecule has 0 aromatic heterocycles. The normalized spacial score (nSPS) is 33.5. The number of hydrogen-bond donors (Lipinski definition) is 0. The van der Waals surface area contributed by atoms with Crippen molar-refractivity contribution in [3.63, 3.8) is 0 Å². The maximum absolute atomic E-state index is 4.23. The van der Waals surface area contributed by atoms with Crippen LogP contribution in [-0.2, 0) is 0 Å². The molecule has 0 aromatic rings. The maximum Gasteiger partial charge on any atom is -0.0140 e. The lowest BCUT2D eigenvalue weighted by molar-refractivity contribution is 0.220. The molecular formula is C12H19P. The molecule has 0 saturated heterocycles. The van der Waals surface area contributed by atoms with Crippen molar-refractivity contribution < 1.29 is 0 Å². The van der Waals surface area contributed by atoms with Gasteiger partial charge in [-0.2, -0.15) is 0 Å². The standard InChI is InChI=1S/C12H19P/c1-9-5-6-10(8-13)7-12(9)11-3-2-4-11/h8,11-12H,1-7,13H2/b10-8+/t12-/m1/s1. The van der Waals surface area contributed by atoms with E-state index in [4.69, 9.17) is 0 Å². The fourth-order valence-electron chi connectivity index (χ4n) is 2.53. The predicted octanol–water partition coefficient (Wildman–Crippen LogP) is 3.90. The zero-order chi connectivity index (χ0) is 9.26. The molecule has 0 aliphatic heterocycles. The molecule has 1 unspecified atom stereocenters. The van der Waals surface area contributed by atoms with Gasteiger partial charge in [0.1, 0.15) is 0 Å². The molecule has 2 aliphatic carbocycles. The molecule has 2 atom stereocenters. The fraction of sp³-hybridized carbons (Fsp3) is 0.667. The molecule has 0 bridgehead atoms. The van der Waals surface area contributed by atoms with Crippen LogP contribution in [0.3, 0.4) is 0 Å². The Morgan fingerprint density at radius 2 is 2.08 bits per heavy atom. The molecular weight excluding hydrogens is 175 g/mol. The second-order valence-corrected chi connectivity index (χ2v) is 4.82. The molecule has 0 spiro atoms. The third-order valence-electron chi connectivity index (χ3n) is 3.73. The van der Waals surface area contributed by atoms with Crippen molar-refractivity contribution in [1.82, 2.24) is 0 Å². The molecule has 2 aliphatic rings. The largest absolute Gasteiger partial charge is 0.114 e. The molecule has 2 saturated carbocycles. The minimum atomic E-state index is 0.828. The quantitative estimate of drug-likeness (QED) is 0.438. The fourth-order valence-corrected chi connectivity index (χ4v) is 2.83. The van der Waals surface area contributed by atoms with Crippen molar-refractivity contribution in [3.8, 4) is 0 Å². The van der Waals surface area contributed by atoms with Crippen LogP contribution in [0.1, 0.15) is 38.5 Å². The van der Waals surface area contributed by atoms with E-state index in [2.05, 4.69) is 21.6 Å². The van der Waals surface area contributed by atoms with Crippen LogP contribution in [-0.4, -0.2) is 0 Å². The summed E-state index contributed by atoms with van der Waals surface area (Å²) in [6.07, 6.45) is 8.15. The van der Waals surface area contributed by atoms with Gasteiger partial charge in [0.05, 0.1) is 0 Å². The summed E-state index contributed by atoms with van der Waals surface area (Å²) in [5, 5.41) is 0. The van der Waals surface area contributed by atoms with Crippen molar-refractivity contribution in [3.05, 3.63) is 23.5 Å². The Labute approximate surface area is 83.7 Å². The van der Waals surface area contributed by atoms with Gasteiger partial charge in [0, 0.05) is 0 Å². The predicted molar refractivity (Wildman–Crippen MR) is 61.6 cm³/mol. The maximum atomic E-state index is 4.23. The molecule has 0 aromatic carbocycles. The average Bonchev–Trinajstić information content (AvgIpc) is 2.06. The summed E-state index contributed by atoms with van der Waals surface area (Å²) in [4.78, 5) is 0. The highest BCUT2D eigenvalue weighted by molar-refractivity contribution is 7.20. The summed E-state index contributed by atoms with van der Waals surface area (Å²) in [5.74, 6) is 4.04. The van der Waals surface area contributed by atoms with Gasteiger partial charge >= 0.3 is 0 Å². The van der Waals surface area contributed by atoms with Crippen LogP contribution in [0.25, 0.3) is 0 Å². The minimum absolute atomic E-state index is 0.828. The van der Waals surface area contributed by atoms with Gasteiger partial charge in [-0.3, -0.25) is 0 Å². The zero-order valence-electron chi connectivity index (χ0n) is 8.26. The SMILES string of the molecule is C=C1CC/C(=C\P)C[C@H]1C1CCC1. The van der Waals surface area contributed by atoms with Crippen LogP contribution in [0.5, 0.6) is 0 Å². The van der Waals surface area contributed by atoms with Crippen LogP contribution in [0.15, 0.2) is 23.5 Å². The summed E-state index contributed by atoms with van der Waals surface area (Å²) in [6.45, 7) is 4.23. The summed E-state index contributed by atoms with van der Waals surface area (Å²) < 4.78 is 0. The molecule has 0 N–H and O–H groups in total. The van der Waals surface area contributed by atoms with E-state index in [1.54, 1.807) is 5.57 Å². The van der Waals surface area contributed by atoms with E-state index in [1.165, 1.54) is 44.1 Å². The van der Waals surface area contributed by atoms with E-state index in [0.29, 0.717) is 0 Å². The second kappa shape index (κ2) is 3.96. The molecule has 72 valence electrons. The summed E-state index contributed by atoms with van der Waals surface area (Å²) in [6, 6.07) is 0. The topological polar surface area (TPSA) is 0 Å². The Balaban J connectivity index is 2.02. The lowest BCUT2D eigenvalue weighted by atomic mass is 9.67. The van der Waals surface area contributed by atoms with Crippen molar-refractivity contribution in [2.24, 2.45) is 11.8 Å². The lowest BCUT2D eigenvalue weighted by Gasteiger charge is -2.38. The Morgan fingerprint density at radius 1 is 1.31 bits per heavy atom. The molecule has 0 heterocycles. The van der Waals surface area contributed by atoms with E-state index >= 15 is 0 Å². The number of rotatable bonds is 1. The number of hydrogen-bond acceptors (Lipinski definition) is 0. The lowest BCUT2D eigenvalue weighted by Crippen LogP contribution is -2.26. The average molecular weight is 194 g/mol. The molecule has 1 heteroatoms. The molecule has 2 rings (SSSR count). The van der Waals surface area contributed by atoms with Crippen LogP contribution < -0.4 is 0 Å². The van der Waals surface area contributed by atoms with E-state index in [9.17, 15) is 0 Å². The Morgan fingerprint density at radius 3 is 2.62 bits per heavy atom. The smallest absolute Gasteiger partial charge is 0.0140 e. The van der Waals surface area contributed by atoms with Crippen molar-refractivity contribution >= 4 is 9.24 Å². The third kappa shape index (κ3) is 1.89. The zero-order valence-corrected chi connectivity index (χ0v) is 9.41. The van der Waals surface area contributed by atoms with Gasteiger partial charge in [-0.25, -0.2) is 0 Å². The van der Waals surface area contributed by atoms with Gasteiger partial charge in [0.15, 0.2) is 0 Å². The van der Waals surface area contributed by atoms with E-state index < -0.39 is 0 Å². The minimum Gasteiger partial charge on any atom is -0.114 e. The van der Waals surface area contributed by atoms with Gasteiger partial charge in [-0.05, 0) is 43.9 Å². The van der Waals surface area contributed by atoms with Crippen molar-refractivity contribution in [2.45, 2.75) is 38.5 Å². The van der Waals surface area contributed by atoms with Crippen LogP contribution in [0.2, 0.25) is 0 Å². The van der Waals surface area contributed by atoms with Gasteiger partial charge in [-0.15, -0.1) is 9.24 Å². The number of allylic oxidation sites excluding steroid dienone is 2. The summed E-state index contributed by atoms with van der Waals surface area (Å²) in [7, 11) is 2.75. The molecule has 0 radical (unpaired) electrons. The van der Waals surface area contributed by atoms with Crippen LogP contribution in [0, 0.1) is 11.8 Å².